The lowest BCUT2D eigenvalue weighted by molar-refractivity contribution is -0.117. The second kappa shape index (κ2) is 5.29. The molecule has 0 unspecified atom stereocenters. The minimum Gasteiger partial charge on any atom is -0.328 e. The topological polar surface area (TPSA) is 76.2 Å². The molecule has 6 nitrogen and oxygen atoms in total. The predicted octanol–water partition coefficient (Wildman–Crippen LogP) is -0.218. The minimum atomic E-state index is 0.00784. The maximum absolute atomic E-state index is 11.8. The maximum Gasteiger partial charge on any atom is 0.238 e. The van der Waals surface area contributed by atoms with Crippen LogP contribution in [0, 0.1) is 0 Å². The number of aromatic nitrogens is 2. The molecule has 0 aromatic carbocycles. The quantitative estimate of drug-likeness (QED) is 0.762. The summed E-state index contributed by atoms with van der Waals surface area (Å²) in [6, 6.07) is 0.299. The number of hydrogen-bond donors (Lipinski definition) is 2. The molecular weight excluding hydrogens is 218 g/mol. The Morgan fingerprint density at radius 2 is 2.29 bits per heavy atom. The van der Waals surface area contributed by atoms with Gasteiger partial charge in [-0.1, -0.05) is 0 Å². The van der Waals surface area contributed by atoms with Gasteiger partial charge in [-0.25, -0.2) is 0 Å². The average molecular weight is 237 g/mol. The van der Waals surface area contributed by atoms with Crippen molar-refractivity contribution >= 4 is 11.6 Å². The Morgan fingerprint density at radius 1 is 1.59 bits per heavy atom. The third-order valence-corrected chi connectivity index (χ3v) is 2.99. The molecule has 1 aromatic rings. The number of carbonyl (C=O) groups excluding carboxylic acids is 1. The van der Waals surface area contributed by atoms with Gasteiger partial charge in [0.15, 0.2) is 0 Å². The van der Waals surface area contributed by atoms with Gasteiger partial charge >= 0.3 is 0 Å². The summed E-state index contributed by atoms with van der Waals surface area (Å²) in [6.07, 6.45) is 5.37. The van der Waals surface area contributed by atoms with Crippen molar-refractivity contribution in [2.24, 2.45) is 12.8 Å². The van der Waals surface area contributed by atoms with Crippen molar-refractivity contribution in [3.05, 3.63) is 12.4 Å². The Labute approximate surface area is 101 Å². The molecule has 2 rings (SSSR count). The normalized spacial score (nSPS) is 18.2. The Morgan fingerprint density at radius 3 is 2.88 bits per heavy atom. The molecule has 1 amide bonds. The number of likely N-dealkylation sites (tertiary alicyclic amines) is 1. The molecule has 3 N–H and O–H groups in total. The van der Waals surface area contributed by atoms with E-state index in [1.165, 1.54) is 0 Å². The van der Waals surface area contributed by atoms with E-state index in [2.05, 4.69) is 15.3 Å². The number of nitrogens with one attached hydrogen (secondary N) is 1. The number of nitrogens with zero attached hydrogens (tertiary/aromatic N) is 3. The SMILES string of the molecule is Cn1cc(NC(=O)CN2CCC(N)CC2)cn1. The lowest BCUT2D eigenvalue weighted by atomic mass is 10.1. The number of anilines is 1. The van der Waals surface area contributed by atoms with Crippen molar-refractivity contribution in [1.29, 1.82) is 0 Å². The lowest BCUT2D eigenvalue weighted by Crippen LogP contribution is -2.43. The first kappa shape index (κ1) is 12.1. The summed E-state index contributed by atoms with van der Waals surface area (Å²) < 4.78 is 1.66. The highest BCUT2D eigenvalue weighted by Crippen LogP contribution is 2.08. The van der Waals surface area contributed by atoms with Crippen LogP contribution >= 0.6 is 0 Å². The second-order valence-electron chi connectivity index (χ2n) is 4.56. The Balaban J connectivity index is 1.77. The summed E-state index contributed by atoms with van der Waals surface area (Å²) in [5.41, 5.74) is 6.56. The van der Waals surface area contributed by atoms with Gasteiger partial charge < -0.3 is 11.1 Å². The molecule has 1 aromatic heterocycles. The molecule has 1 saturated heterocycles. The van der Waals surface area contributed by atoms with Gasteiger partial charge in [0.05, 0.1) is 18.4 Å². The number of amides is 1. The molecule has 17 heavy (non-hydrogen) atoms. The monoisotopic (exact) mass is 237 g/mol. The van der Waals surface area contributed by atoms with Gasteiger partial charge in [0.2, 0.25) is 5.91 Å². The molecule has 0 bridgehead atoms. The van der Waals surface area contributed by atoms with Crippen molar-refractivity contribution in [3.8, 4) is 0 Å². The van der Waals surface area contributed by atoms with Crippen molar-refractivity contribution < 1.29 is 4.79 Å². The largest absolute Gasteiger partial charge is 0.328 e. The number of piperidine rings is 1. The summed E-state index contributed by atoms with van der Waals surface area (Å²) in [4.78, 5) is 13.9. The zero-order valence-electron chi connectivity index (χ0n) is 10.1. The van der Waals surface area contributed by atoms with Gasteiger partial charge in [-0.15, -0.1) is 0 Å². The fraction of sp³-hybridized carbons (Fsp3) is 0.636. The van der Waals surface area contributed by atoms with Gasteiger partial charge in [0.25, 0.3) is 0 Å². The van der Waals surface area contributed by atoms with E-state index in [1.54, 1.807) is 17.1 Å². The van der Waals surface area contributed by atoms with E-state index in [0.29, 0.717) is 12.6 Å². The molecule has 6 heteroatoms. The van der Waals surface area contributed by atoms with Crippen molar-refractivity contribution in [1.82, 2.24) is 14.7 Å². The molecule has 1 aliphatic heterocycles. The van der Waals surface area contributed by atoms with Crippen LogP contribution in [0.1, 0.15) is 12.8 Å². The van der Waals surface area contributed by atoms with E-state index >= 15 is 0 Å². The van der Waals surface area contributed by atoms with Crippen molar-refractivity contribution in [2.75, 3.05) is 25.0 Å². The third-order valence-electron chi connectivity index (χ3n) is 2.99. The number of rotatable bonds is 3. The van der Waals surface area contributed by atoms with Gasteiger partial charge in [-0.2, -0.15) is 5.10 Å². The molecule has 2 heterocycles. The van der Waals surface area contributed by atoms with Gasteiger partial charge in [0, 0.05) is 32.4 Å². The maximum atomic E-state index is 11.8. The predicted molar refractivity (Wildman–Crippen MR) is 65.5 cm³/mol. The first-order valence-electron chi connectivity index (χ1n) is 5.90. The summed E-state index contributed by atoms with van der Waals surface area (Å²) >= 11 is 0. The fourth-order valence-electron chi connectivity index (χ4n) is 2.00. The third kappa shape index (κ3) is 3.54. The molecule has 0 aliphatic carbocycles. The number of carbonyl (C=O) groups is 1. The van der Waals surface area contributed by atoms with E-state index in [-0.39, 0.29) is 5.91 Å². The molecule has 0 atom stereocenters. The molecule has 0 radical (unpaired) electrons. The van der Waals surface area contributed by atoms with Gasteiger partial charge in [-0.3, -0.25) is 14.4 Å². The van der Waals surface area contributed by atoms with Crippen LogP contribution < -0.4 is 11.1 Å². The zero-order chi connectivity index (χ0) is 12.3. The van der Waals surface area contributed by atoms with Crippen LogP contribution in [0.4, 0.5) is 5.69 Å². The van der Waals surface area contributed by atoms with Crippen LogP contribution in [-0.2, 0) is 11.8 Å². The van der Waals surface area contributed by atoms with Crippen LogP contribution in [0.2, 0.25) is 0 Å². The molecule has 1 aliphatic rings. The number of aryl methyl sites for hydroxylation is 1. The highest BCUT2D eigenvalue weighted by Gasteiger charge is 2.18. The van der Waals surface area contributed by atoms with Crippen LogP contribution in [0.15, 0.2) is 12.4 Å². The van der Waals surface area contributed by atoms with Crippen LogP contribution in [-0.4, -0.2) is 46.3 Å². The fourth-order valence-corrected chi connectivity index (χ4v) is 2.00. The Bertz CT molecular complexity index is 381. The van der Waals surface area contributed by atoms with Crippen LogP contribution in [0.25, 0.3) is 0 Å². The molecular formula is C11H19N5O. The minimum absolute atomic E-state index is 0.00784. The molecule has 1 fully saturated rings. The first-order chi connectivity index (χ1) is 8.13. The van der Waals surface area contributed by atoms with Gasteiger partial charge in [-0.05, 0) is 12.8 Å². The summed E-state index contributed by atoms with van der Waals surface area (Å²) in [5, 5.41) is 6.82. The standard InChI is InChI=1S/C11H19N5O/c1-15-7-10(6-13-15)14-11(17)8-16-4-2-9(12)3-5-16/h6-7,9H,2-5,8,12H2,1H3,(H,14,17). The van der Waals surface area contributed by atoms with Gasteiger partial charge in [0.1, 0.15) is 0 Å². The van der Waals surface area contributed by atoms with Crippen molar-refractivity contribution in [3.63, 3.8) is 0 Å². The highest BCUT2D eigenvalue weighted by molar-refractivity contribution is 5.91. The van der Waals surface area contributed by atoms with Crippen molar-refractivity contribution in [2.45, 2.75) is 18.9 Å². The van der Waals surface area contributed by atoms with E-state index in [4.69, 9.17) is 5.73 Å². The zero-order valence-corrected chi connectivity index (χ0v) is 10.1. The first-order valence-corrected chi connectivity index (χ1v) is 5.90. The molecule has 94 valence electrons. The second-order valence-corrected chi connectivity index (χ2v) is 4.56. The number of nitrogens with two attached hydrogens (primary N) is 1. The summed E-state index contributed by atoms with van der Waals surface area (Å²) in [5.74, 6) is 0.00784. The number of hydrogen-bond acceptors (Lipinski definition) is 4. The van der Waals surface area contributed by atoms with E-state index in [1.807, 2.05) is 7.05 Å². The Hall–Kier alpha value is -1.40. The van der Waals surface area contributed by atoms with Crippen LogP contribution in [0.5, 0.6) is 0 Å². The lowest BCUT2D eigenvalue weighted by Gasteiger charge is -2.29. The summed E-state index contributed by atoms with van der Waals surface area (Å²) in [7, 11) is 1.82. The highest BCUT2D eigenvalue weighted by atomic mass is 16.2. The smallest absolute Gasteiger partial charge is 0.238 e. The molecule has 0 spiro atoms. The van der Waals surface area contributed by atoms with E-state index in [9.17, 15) is 4.79 Å². The van der Waals surface area contributed by atoms with Crippen LogP contribution in [0.3, 0.4) is 0 Å². The average Bonchev–Trinajstić information content (AvgIpc) is 2.67. The van der Waals surface area contributed by atoms with E-state index < -0.39 is 0 Å². The summed E-state index contributed by atoms with van der Waals surface area (Å²) in [6.45, 7) is 2.24. The Kier molecular flexibility index (Phi) is 3.75. The molecule has 0 saturated carbocycles. The van der Waals surface area contributed by atoms with E-state index in [0.717, 1.165) is 31.6 Å².